The second-order valence-corrected chi connectivity index (χ2v) is 8.13. The molecular formula is C24H26FNO4. The summed E-state index contributed by atoms with van der Waals surface area (Å²) in [5.41, 5.74) is 3.44. The van der Waals surface area contributed by atoms with Gasteiger partial charge in [-0.15, -0.1) is 0 Å². The van der Waals surface area contributed by atoms with E-state index >= 15 is 0 Å². The van der Waals surface area contributed by atoms with E-state index in [0.717, 1.165) is 24.0 Å². The van der Waals surface area contributed by atoms with Crippen molar-refractivity contribution in [2.45, 2.75) is 39.2 Å². The van der Waals surface area contributed by atoms with Crippen LogP contribution < -0.4 is 10.1 Å². The quantitative estimate of drug-likeness (QED) is 0.759. The summed E-state index contributed by atoms with van der Waals surface area (Å²) in [6, 6.07) is 8.31. The molecule has 0 unspecified atom stereocenters. The van der Waals surface area contributed by atoms with E-state index in [0.29, 0.717) is 48.6 Å². The number of Topliss-reactive ketones (excluding diaryl/α,β-unsaturated/α-hetero) is 1. The van der Waals surface area contributed by atoms with Crippen LogP contribution in [0.15, 0.2) is 30.3 Å². The number of carbonyl (C=O) groups is 2. The fraction of sp³-hybridized carbons (Fsp3) is 0.417. The average Bonchev–Trinajstić information content (AvgIpc) is 3.15. The molecule has 158 valence electrons. The van der Waals surface area contributed by atoms with Crippen LogP contribution in [0.1, 0.15) is 41.3 Å². The second kappa shape index (κ2) is 8.56. The van der Waals surface area contributed by atoms with Crippen LogP contribution in [0.3, 0.4) is 0 Å². The van der Waals surface area contributed by atoms with Crippen LogP contribution in [-0.2, 0) is 16.0 Å². The molecule has 5 nitrogen and oxygen atoms in total. The van der Waals surface area contributed by atoms with Crippen LogP contribution in [-0.4, -0.2) is 37.6 Å². The van der Waals surface area contributed by atoms with E-state index in [2.05, 4.69) is 5.32 Å². The summed E-state index contributed by atoms with van der Waals surface area (Å²) in [5, 5.41) is 3.00. The summed E-state index contributed by atoms with van der Waals surface area (Å²) in [6.45, 7) is 5.06. The lowest BCUT2D eigenvalue weighted by molar-refractivity contribution is -0.128. The Morgan fingerprint density at radius 1 is 1.13 bits per heavy atom. The molecule has 2 aliphatic rings. The van der Waals surface area contributed by atoms with Gasteiger partial charge in [0.2, 0.25) is 5.91 Å². The van der Waals surface area contributed by atoms with Crippen LogP contribution in [0.4, 0.5) is 4.39 Å². The SMILES string of the molecule is CC(=O)c1ccc(F)c(-c2cc(C)cc3c2O[C@H](CNC(=O)C2CCOCC2)C3)c1. The van der Waals surface area contributed by atoms with Gasteiger partial charge in [0.25, 0.3) is 0 Å². The lowest BCUT2D eigenvalue weighted by Crippen LogP contribution is -2.39. The second-order valence-electron chi connectivity index (χ2n) is 8.13. The molecule has 1 amide bonds. The maximum atomic E-state index is 14.6. The minimum absolute atomic E-state index is 0.0104. The van der Waals surface area contributed by atoms with E-state index < -0.39 is 5.82 Å². The van der Waals surface area contributed by atoms with Crippen LogP contribution in [0.5, 0.6) is 5.75 Å². The zero-order valence-corrected chi connectivity index (χ0v) is 17.3. The topological polar surface area (TPSA) is 64.6 Å². The zero-order valence-electron chi connectivity index (χ0n) is 17.3. The number of aryl methyl sites for hydroxylation is 1. The zero-order chi connectivity index (χ0) is 21.3. The van der Waals surface area contributed by atoms with Crippen molar-refractivity contribution < 1.29 is 23.5 Å². The van der Waals surface area contributed by atoms with Crippen molar-refractivity contribution in [2.24, 2.45) is 5.92 Å². The van der Waals surface area contributed by atoms with Gasteiger partial charge in [0.15, 0.2) is 5.78 Å². The van der Waals surface area contributed by atoms with Crippen molar-refractivity contribution in [3.05, 3.63) is 52.8 Å². The predicted octanol–water partition coefficient (Wildman–Crippen LogP) is 3.85. The highest BCUT2D eigenvalue weighted by atomic mass is 19.1. The highest BCUT2D eigenvalue weighted by Crippen LogP contribution is 2.41. The lowest BCUT2D eigenvalue weighted by atomic mass is 9.95. The van der Waals surface area contributed by atoms with Gasteiger partial charge in [-0.1, -0.05) is 6.07 Å². The van der Waals surface area contributed by atoms with Crippen molar-refractivity contribution in [3.8, 4) is 16.9 Å². The van der Waals surface area contributed by atoms with Crippen molar-refractivity contribution in [2.75, 3.05) is 19.8 Å². The summed E-state index contributed by atoms with van der Waals surface area (Å²) in [4.78, 5) is 24.2. The molecule has 2 heterocycles. The highest BCUT2D eigenvalue weighted by Gasteiger charge is 2.29. The molecule has 0 saturated carbocycles. The Bertz CT molecular complexity index is 981. The maximum Gasteiger partial charge on any atom is 0.223 e. The summed E-state index contributed by atoms with van der Waals surface area (Å²) in [6.07, 6.45) is 1.93. The number of hydrogen-bond donors (Lipinski definition) is 1. The molecule has 0 aromatic heterocycles. The molecule has 0 radical (unpaired) electrons. The van der Waals surface area contributed by atoms with E-state index in [-0.39, 0.29) is 23.7 Å². The number of hydrogen-bond acceptors (Lipinski definition) is 4. The molecule has 1 fully saturated rings. The average molecular weight is 411 g/mol. The Labute approximate surface area is 175 Å². The molecule has 1 N–H and O–H groups in total. The van der Waals surface area contributed by atoms with E-state index in [1.807, 2.05) is 19.1 Å². The van der Waals surface area contributed by atoms with Gasteiger partial charge in [-0.3, -0.25) is 9.59 Å². The Morgan fingerprint density at radius 3 is 2.63 bits per heavy atom. The summed E-state index contributed by atoms with van der Waals surface area (Å²) in [7, 11) is 0. The fourth-order valence-corrected chi connectivity index (χ4v) is 4.18. The monoisotopic (exact) mass is 411 g/mol. The van der Waals surface area contributed by atoms with Crippen LogP contribution in [0.25, 0.3) is 11.1 Å². The normalized spacial score (nSPS) is 18.6. The van der Waals surface area contributed by atoms with Crippen LogP contribution in [0.2, 0.25) is 0 Å². The Balaban J connectivity index is 1.53. The van der Waals surface area contributed by atoms with Gasteiger partial charge in [0.1, 0.15) is 17.7 Å². The number of carbonyl (C=O) groups excluding carboxylic acids is 2. The molecule has 2 aromatic carbocycles. The lowest BCUT2D eigenvalue weighted by Gasteiger charge is -2.22. The van der Waals surface area contributed by atoms with Gasteiger partial charge < -0.3 is 14.8 Å². The largest absolute Gasteiger partial charge is 0.487 e. The van der Waals surface area contributed by atoms with Gasteiger partial charge in [-0.25, -0.2) is 4.39 Å². The Hall–Kier alpha value is -2.73. The maximum absolute atomic E-state index is 14.6. The van der Waals surface area contributed by atoms with Crippen LogP contribution in [0, 0.1) is 18.7 Å². The third-order valence-corrected chi connectivity index (χ3v) is 5.80. The molecule has 2 aromatic rings. The molecule has 2 aliphatic heterocycles. The van der Waals surface area contributed by atoms with Crippen molar-refractivity contribution in [3.63, 3.8) is 0 Å². The van der Waals surface area contributed by atoms with Crippen molar-refractivity contribution in [1.82, 2.24) is 5.32 Å². The molecule has 1 saturated heterocycles. The van der Waals surface area contributed by atoms with Gasteiger partial charge in [0, 0.05) is 42.2 Å². The number of benzene rings is 2. The smallest absolute Gasteiger partial charge is 0.223 e. The fourth-order valence-electron chi connectivity index (χ4n) is 4.18. The number of fused-ring (bicyclic) bond motifs is 1. The third kappa shape index (κ3) is 4.24. The number of halogens is 1. The number of ether oxygens (including phenoxy) is 2. The first kappa shape index (κ1) is 20.5. The summed E-state index contributed by atoms with van der Waals surface area (Å²) >= 11 is 0. The minimum Gasteiger partial charge on any atom is -0.487 e. The molecule has 30 heavy (non-hydrogen) atoms. The standard InChI is InChI=1S/C24H26FNO4/c1-14-9-18-11-19(13-26-24(28)16-5-7-29-8-6-16)30-23(18)21(10-14)20-12-17(15(2)27)3-4-22(20)25/h3-4,9-10,12,16,19H,5-8,11,13H2,1-2H3,(H,26,28)/t19-/m0/s1. The van der Waals surface area contributed by atoms with Gasteiger partial charge in [-0.05, 0) is 62.1 Å². The first-order valence-corrected chi connectivity index (χ1v) is 10.4. The van der Waals surface area contributed by atoms with E-state index in [1.165, 1.54) is 19.1 Å². The number of ketones is 1. The van der Waals surface area contributed by atoms with Crippen molar-refractivity contribution in [1.29, 1.82) is 0 Å². The van der Waals surface area contributed by atoms with Gasteiger partial charge in [0.05, 0.1) is 6.54 Å². The van der Waals surface area contributed by atoms with Gasteiger partial charge in [-0.2, -0.15) is 0 Å². The number of amides is 1. The highest BCUT2D eigenvalue weighted by molar-refractivity contribution is 5.95. The van der Waals surface area contributed by atoms with Gasteiger partial charge >= 0.3 is 0 Å². The summed E-state index contributed by atoms with van der Waals surface area (Å²) in [5.74, 6) is 0.145. The molecule has 0 spiro atoms. The molecule has 0 aliphatic carbocycles. The molecule has 0 bridgehead atoms. The molecule has 6 heteroatoms. The molecule has 1 atom stereocenters. The van der Waals surface area contributed by atoms with E-state index in [1.54, 1.807) is 6.07 Å². The summed E-state index contributed by atoms with van der Waals surface area (Å²) < 4.78 is 26.1. The number of rotatable bonds is 5. The van der Waals surface area contributed by atoms with Crippen LogP contribution >= 0.6 is 0 Å². The van der Waals surface area contributed by atoms with E-state index in [9.17, 15) is 14.0 Å². The first-order chi connectivity index (χ1) is 14.4. The Morgan fingerprint density at radius 2 is 1.90 bits per heavy atom. The van der Waals surface area contributed by atoms with Crippen molar-refractivity contribution >= 4 is 11.7 Å². The third-order valence-electron chi connectivity index (χ3n) is 5.80. The first-order valence-electron chi connectivity index (χ1n) is 10.4. The predicted molar refractivity (Wildman–Crippen MR) is 111 cm³/mol. The molecule has 4 rings (SSSR count). The van der Waals surface area contributed by atoms with E-state index in [4.69, 9.17) is 9.47 Å². The molecular weight excluding hydrogens is 385 g/mol. The minimum atomic E-state index is -0.396. The Kier molecular flexibility index (Phi) is 5.86. The number of nitrogens with one attached hydrogen (secondary N) is 1.